The summed E-state index contributed by atoms with van der Waals surface area (Å²) in [6, 6.07) is 17.8. The highest BCUT2D eigenvalue weighted by molar-refractivity contribution is 7.92. The van der Waals surface area contributed by atoms with Gasteiger partial charge in [-0.2, -0.15) is 13.2 Å². The maximum Gasteiger partial charge on any atom is 0.416 e. The SMILES string of the molecule is CS(=O)(=O)Nc1ccccc1N1CCN(C(=O)C(Cc2ccc(C(F)(F)F)cc2)NC(=O)C2Cc3ccccc3CN2)CC1. The van der Waals surface area contributed by atoms with Gasteiger partial charge in [-0.15, -0.1) is 0 Å². The van der Waals surface area contributed by atoms with Gasteiger partial charge < -0.3 is 20.4 Å². The van der Waals surface area contributed by atoms with Crippen LogP contribution in [0.3, 0.4) is 0 Å². The fraction of sp³-hybridized carbons (Fsp3) is 0.355. The largest absolute Gasteiger partial charge is 0.416 e. The van der Waals surface area contributed by atoms with Crippen molar-refractivity contribution in [1.82, 2.24) is 15.5 Å². The van der Waals surface area contributed by atoms with Crippen molar-refractivity contribution in [1.29, 1.82) is 0 Å². The van der Waals surface area contributed by atoms with E-state index in [0.29, 0.717) is 56.1 Å². The first kappa shape index (κ1) is 31.3. The highest BCUT2D eigenvalue weighted by Crippen LogP contribution is 2.30. The molecule has 2 heterocycles. The molecule has 0 bridgehead atoms. The number of carbonyl (C=O) groups is 2. The third-order valence-corrected chi connectivity index (χ3v) is 8.46. The summed E-state index contributed by atoms with van der Waals surface area (Å²) in [6.07, 6.45) is -2.94. The second-order valence-electron chi connectivity index (χ2n) is 11.1. The number of amides is 2. The van der Waals surface area contributed by atoms with E-state index in [9.17, 15) is 31.2 Å². The molecule has 2 unspecified atom stereocenters. The molecular formula is C31H34F3N5O4S. The predicted octanol–water partition coefficient (Wildman–Crippen LogP) is 3.17. The number of nitrogens with zero attached hydrogens (tertiary/aromatic N) is 2. The zero-order valence-corrected chi connectivity index (χ0v) is 24.9. The molecule has 2 aliphatic heterocycles. The number of piperazine rings is 1. The summed E-state index contributed by atoms with van der Waals surface area (Å²) in [6.45, 7) is 1.94. The third kappa shape index (κ3) is 7.69. The first-order chi connectivity index (χ1) is 20.9. The third-order valence-electron chi connectivity index (χ3n) is 7.86. The first-order valence-corrected chi connectivity index (χ1v) is 16.1. The number of alkyl halides is 3. The van der Waals surface area contributed by atoms with Gasteiger partial charge in [-0.05, 0) is 47.4 Å². The number of fused-ring (bicyclic) bond motifs is 1. The number of carbonyl (C=O) groups excluding carboxylic acids is 2. The fourth-order valence-corrected chi connectivity index (χ4v) is 6.17. The number of anilines is 2. The van der Waals surface area contributed by atoms with Crippen molar-refractivity contribution < 1.29 is 31.2 Å². The summed E-state index contributed by atoms with van der Waals surface area (Å²) in [5.41, 5.74) is 2.95. The van der Waals surface area contributed by atoms with Gasteiger partial charge in [0.2, 0.25) is 21.8 Å². The summed E-state index contributed by atoms with van der Waals surface area (Å²) in [7, 11) is -3.50. The van der Waals surface area contributed by atoms with Gasteiger partial charge in [-0.1, -0.05) is 48.5 Å². The van der Waals surface area contributed by atoms with E-state index in [2.05, 4.69) is 15.4 Å². The Kier molecular flexibility index (Phi) is 9.16. The molecule has 3 aromatic carbocycles. The zero-order chi connectivity index (χ0) is 31.5. The molecule has 2 atom stereocenters. The summed E-state index contributed by atoms with van der Waals surface area (Å²) in [5.74, 6) is -0.694. The quantitative estimate of drug-likeness (QED) is 0.353. The van der Waals surface area contributed by atoms with Crippen LogP contribution in [-0.2, 0) is 45.2 Å². The lowest BCUT2D eigenvalue weighted by Gasteiger charge is -2.38. The Morgan fingerprint density at radius 1 is 0.932 bits per heavy atom. The Hall–Kier alpha value is -4.10. The Bertz CT molecular complexity index is 1610. The lowest BCUT2D eigenvalue weighted by atomic mass is 9.95. The first-order valence-electron chi connectivity index (χ1n) is 14.2. The summed E-state index contributed by atoms with van der Waals surface area (Å²) < 4.78 is 65.6. The van der Waals surface area contributed by atoms with Gasteiger partial charge >= 0.3 is 6.18 Å². The molecule has 13 heteroatoms. The van der Waals surface area contributed by atoms with Crippen molar-refractivity contribution in [3.05, 3.63) is 95.1 Å². The highest BCUT2D eigenvalue weighted by atomic mass is 32.2. The van der Waals surface area contributed by atoms with E-state index in [1.807, 2.05) is 29.2 Å². The van der Waals surface area contributed by atoms with Crippen molar-refractivity contribution >= 4 is 33.2 Å². The van der Waals surface area contributed by atoms with Gasteiger partial charge in [0.15, 0.2) is 0 Å². The average molecular weight is 630 g/mol. The molecule has 234 valence electrons. The molecule has 0 radical (unpaired) electrons. The van der Waals surface area contributed by atoms with Crippen molar-refractivity contribution in [2.45, 2.75) is 37.6 Å². The van der Waals surface area contributed by atoms with Crippen molar-refractivity contribution in [3.63, 3.8) is 0 Å². The minimum Gasteiger partial charge on any atom is -0.366 e. The topological polar surface area (TPSA) is 111 Å². The van der Waals surface area contributed by atoms with Gasteiger partial charge in [-0.25, -0.2) is 8.42 Å². The van der Waals surface area contributed by atoms with E-state index in [1.54, 1.807) is 29.2 Å². The molecule has 44 heavy (non-hydrogen) atoms. The number of rotatable bonds is 8. The van der Waals surface area contributed by atoms with E-state index in [1.165, 1.54) is 12.1 Å². The maximum atomic E-state index is 13.8. The van der Waals surface area contributed by atoms with Crippen molar-refractivity contribution in [3.8, 4) is 0 Å². The lowest BCUT2D eigenvalue weighted by Crippen LogP contribution is -2.58. The van der Waals surface area contributed by atoms with Crippen LogP contribution < -0.4 is 20.3 Å². The van der Waals surface area contributed by atoms with E-state index in [4.69, 9.17) is 0 Å². The van der Waals surface area contributed by atoms with Crippen LogP contribution >= 0.6 is 0 Å². The summed E-state index contributed by atoms with van der Waals surface area (Å²) in [5, 5.41) is 6.10. The molecule has 1 saturated heterocycles. The monoisotopic (exact) mass is 629 g/mol. The zero-order valence-electron chi connectivity index (χ0n) is 24.1. The summed E-state index contributed by atoms with van der Waals surface area (Å²) >= 11 is 0. The van der Waals surface area contributed by atoms with Crippen LogP contribution in [0.4, 0.5) is 24.5 Å². The van der Waals surface area contributed by atoms with Gasteiger partial charge in [-0.3, -0.25) is 14.3 Å². The number of benzene rings is 3. The van der Waals surface area contributed by atoms with Crippen LogP contribution in [-0.4, -0.2) is 69.7 Å². The van der Waals surface area contributed by atoms with E-state index < -0.39 is 33.8 Å². The number of para-hydroxylation sites is 2. The van der Waals surface area contributed by atoms with Crippen LogP contribution in [0.2, 0.25) is 0 Å². The van der Waals surface area contributed by atoms with E-state index in [0.717, 1.165) is 29.5 Å². The number of hydrogen-bond donors (Lipinski definition) is 3. The summed E-state index contributed by atoms with van der Waals surface area (Å²) in [4.78, 5) is 30.9. The number of nitrogens with one attached hydrogen (secondary N) is 3. The number of halogens is 3. The van der Waals surface area contributed by atoms with E-state index in [-0.39, 0.29) is 18.2 Å². The fourth-order valence-electron chi connectivity index (χ4n) is 5.60. The van der Waals surface area contributed by atoms with Crippen LogP contribution in [0.15, 0.2) is 72.8 Å². The molecule has 0 aromatic heterocycles. The Labute approximate surface area is 254 Å². The van der Waals surface area contributed by atoms with Crippen LogP contribution in [0.1, 0.15) is 22.3 Å². The van der Waals surface area contributed by atoms with Gasteiger partial charge in [0.1, 0.15) is 6.04 Å². The van der Waals surface area contributed by atoms with Gasteiger partial charge in [0, 0.05) is 39.1 Å². The van der Waals surface area contributed by atoms with Crippen LogP contribution in [0, 0.1) is 0 Å². The van der Waals surface area contributed by atoms with E-state index >= 15 is 0 Å². The van der Waals surface area contributed by atoms with Gasteiger partial charge in [0.25, 0.3) is 0 Å². The highest BCUT2D eigenvalue weighted by Gasteiger charge is 2.33. The molecule has 5 rings (SSSR count). The van der Waals surface area contributed by atoms with Crippen molar-refractivity contribution in [2.75, 3.05) is 42.1 Å². The maximum absolute atomic E-state index is 13.8. The predicted molar refractivity (Wildman–Crippen MR) is 162 cm³/mol. The molecule has 0 aliphatic carbocycles. The molecule has 0 spiro atoms. The number of sulfonamides is 1. The normalized spacial score (nSPS) is 17.9. The molecule has 9 nitrogen and oxygen atoms in total. The smallest absolute Gasteiger partial charge is 0.366 e. The minimum absolute atomic E-state index is 0.0212. The molecule has 3 N–H and O–H groups in total. The second kappa shape index (κ2) is 12.9. The molecule has 3 aromatic rings. The Morgan fingerprint density at radius 2 is 1.57 bits per heavy atom. The second-order valence-corrected chi connectivity index (χ2v) is 12.8. The minimum atomic E-state index is -4.49. The number of hydrogen-bond acceptors (Lipinski definition) is 6. The molecule has 1 fully saturated rings. The van der Waals surface area contributed by atoms with Crippen LogP contribution in [0.5, 0.6) is 0 Å². The molecule has 2 aliphatic rings. The van der Waals surface area contributed by atoms with Crippen molar-refractivity contribution in [2.24, 2.45) is 0 Å². The molecule has 0 saturated carbocycles. The van der Waals surface area contributed by atoms with Gasteiger partial charge in [0.05, 0.1) is 29.2 Å². The molecular weight excluding hydrogens is 595 g/mol. The Balaban J connectivity index is 1.30. The van der Waals surface area contributed by atoms with Crippen LogP contribution in [0.25, 0.3) is 0 Å². The lowest BCUT2D eigenvalue weighted by molar-refractivity contribution is -0.138. The molecule has 2 amide bonds. The standard InChI is InChI=1S/C31H34F3N5O4S/c1-44(42,43)37-25-8-4-5-9-28(25)38-14-16-39(17-15-38)30(41)27(18-21-10-12-24(13-11-21)31(32,33)34)36-29(40)26-19-22-6-2-3-7-23(22)20-35-26/h2-13,26-27,35,37H,14-20H2,1H3,(H,36,40). The Morgan fingerprint density at radius 3 is 2.23 bits per heavy atom. The average Bonchev–Trinajstić information content (AvgIpc) is 2.99.